The van der Waals surface area contributed by atoms with Crippen molar-refractivity contribution in [2.45, 2.75) is 20.4 Å². The summed E-state index contributed by atoms with van der Waals surface area (Å²) < 4.78 is 1.63. The standard InChI is InChI=1S/C19H16N6O3/c1-12-7-13(2)9-14(8-12)11-24-17(26)10-16(22-23-20)25(19(24)28)18(27)15-3-5-21-6-4-15/h3-10H,11H2,1-2H3. The summed E-state index contributed by atoms with van der Waals surface area (Å²) in [6.45, 7) is 3.81. The average Bonchev–Trinajstić information content (AvgIpc) is 2.65. The molecule has 1 aromatic carbocycles. The molecular formula is C19H16N6O3. The molecule has 0 saturated carbocycles. The highest BCUT2D eigenvalue weighted by Gasteiger charge is 2.18. The summed E-state index contributed by atoms with van der Waals surface area (Å²) in [6.07, 6.45) is 2.80. The molecule has 0 N–H and O–H groups in total. The predicted octanol–water partition coefficient (Wildman–Crippen LogP) is 2.70. The molecule has 0 bridgehead atoms. The maximum absolute atomic E-state index is 13.0. The molecule has 3 rings (SSSR count). The largest absolute Gasteiger partial charge is 0.338 e. The number of aryl methyl sites for hydroxylation is 2. The lowest BCUT2D eigenvalue weighted by Gasteiger charge is -2.12. The van der Waals surface area contributed by atoms with Gasteiger partial charge in [0.1, 0.15) is 5.82 Å². The summed E-state index contributed by atoms with van der Waals surface area (Å²) in [6, 6.07) is 9.51. The van der Waals surface area contributed by atoms with Crippen LogP contribution in [0.1, 0.15) is 27.0 Å². The van der Waals surface area contributed by atoms with Gasteiger partial charge in [-0.1, -0.05) is 29.3 Å². The molecule has 9 heteroatoms. The molecule has 0 amide bonds. The highest BCUT2D eigenvalue weighted by molar-refractivity contribution is 5.97. The Morgan fingerprint density at radius 2 is 1.75 bits per heavy atom. The van der Waals surface area contributed by atoms with Crippen LogP contribution in [0.15, 0.2) is 63.5 Å². The molecule has 140 valence electrons. The van der Waals surface area contributed by atoms with Gasteiger partial charge in [0.25, 0.3) is 11.5 Å². The smallest absolute Gasteiger partial charge is 0.269 e. The van der Waals surface area contributed by atoms with E-state index in [4.69, 9.17) is 5.53 Å². The van der Waals surface area contributed by atoms with E-state index < -0.39 is 17.2 Å². The van der Waals surface area contributed by atoms with Crippen molar-refractivity contribution in [3.05, 3.63) is 102 Å². The summed E-state index contributed by atoms with van der Waals surface area (Å²) in [7, 11) is 0. The van der Waals surface area contributed by atoms with Crippen LogP contribution in [0.2, 0.25) is 0 Å². The van der Waals surface area contributed by atoms with E-state index in [0.717, 1.165) is 27.3 Å². The highest BCUT2D eigenvalue weighted by Crippen LogP contribution is 2.12. The molecular weight excluding hydrogens is 360 g/mol. The molecule has 0 fully saturated rings. The van der Waals surface area contributed by atoms with E-state index in [-0.39, 0.29) is 17.9 Å². The number of pyridine rings is 1. The second-order valence-corrected chi connectivity index (χ2v) is 6.27. The van der Waals surface area contributed by atoms with Gasteiger partial charge in [0, 0.05) is 28.9 Å². The SMILES string of the molecule is Cc1cc(C)cc(Cn2c(=O)cc(N=[N+]=[N-])n(C(=O)c3ccncc3)c2=O)c1. The Kier molecular flexibility index (Phi) is 5.19. The Morgan fingerprint density at radius 1 is 1.11 bits per heavy atom. The number of aromatic nitrogens is 3. The lowest BCUT2D eigenvalue weighted by Crippen LogP contribution is -2.42. The Hall–Kier alpha value is -3.97. The van der Waals surface area contributed by atoms with Crippen LogP contribution in [0.5, 0.6) is 0 Å². The fourth-order valence-electron chi connectivity index (χ4n) is 2.99. The van der Waals surface area contributed by atoms with E-state index >= 15 is 0 Å². The minimum Gasteiger partial charge on any atom is -0.269 e. The van der Waals surface area contributed by atoms with Crippen LogP contribution in [0.3, 0.4) is 0 Å². The van der Waals surface area contributed by atoms with Crippen LogP contribution in [-0.4, -0.2) is 20.0 Å². The van der Waals surface area contributed by atoms with Crippen molar-refractivity contribution in [3.63, 3.8) is 0 Å². The van der Waals surface area contributed by atoms with Gasteiger partial charge in [-0.3, -0.25) is 19.1 Å². The molecule has 0 atom stereocenters. The molecule has 0 saturated heterocycles. The zero-order valence-corrected chi connectivity index (χ0v) is 15.2. The first kappa shape index (κ1) is 18.8. The normalized spacial score (nSPS) is 10.4. The second kappa shape index (κ2) is 7.73. The molecule has 0 aliphatic heterocycles. The van der Waals surface area contributed by atoms with Crippen LogP contribution in [-0.2, 0) is 6.54 Å². The predicted molar refractivity (Wildman–Crippen MR) is 103 cm³/mol. The number of hydrogen-bond donors (Lipinski definition) is 0. The lowest BCUT2D eigenvalue weighted by atomic mass is 10.1. The lowest BCUT2D eigenvalue weighted by molar-refractivity contribution is 0.0954. The van der Waals surface area contributed by atoms with Gasteiger partial charge >= 0.3 is 5.69 Å². The zero-order chi connectivity index (χ0) is 20.3. The third kappa shape index (κ3) is 3.74. The maximum Gasteiger partial charge on any atom is 0.338 e. The number of azide groups is 1. The van der Waals surface area contributed by atoms with Crippen LogP contribution < -0.4 is 11.2 Å². The summed E-state index contributed by atoms with van der Waals surface area (Å²) in [4.78, 5) is 44.7. The summed E-state index contributed by atoms with van der Waals surface area (Å²) in [5.41, 5.74) is 10.1. The van der Waals surface area contributed by atoms with Gasteiger partial charge in [0.2, 0.25) is 0 Å². The first-order valence-electron chi connectivity index (χ1n) is 8.34. The van der Waals surface area contributed by atoms with Crippen molar-refractivity contribution in [1.82, 2.24) is 14.1 Å². The van der Waals surface area contributed by atoms with Crippen molar-refractivity contribution >= 4 is 11.7 Å². The quantitative estimate of drug-likeness (QED) is 0.394. The van der Waals surface area contributed by atoms with Crippen molar-refractivity contribution in [3.8, 4) is 0 Å². The third-order valence-electron chi connectivity index (χ3n) is 4.07. The van der Waals surface area contributed by atoms with Crippen molar-refractivity contribution < 1.29 is 4.79 Å². The van der Waals surface area contributed by atoms with Gasteiger partial charge in [-0.2, -0.15) is 0 Å². The topological polar surface area (TPSA) is 123 Å². The van der Waals surface area contributed by atoms with E-state index in [9.17, 15) is 14.4 Å². The molecule has 0 aliphatic carbocycles. The van der Waals surface area contributed by atoms with Crippen LogP contribution in [0.25, 0.3) is 10.4 Å². The average molecular weight is 376 g/mol. The second-order valence-electron chi connectivity index (χ2n) is 6.27. The third-order valence-corrected chi connectivity index (χ3v) is 4.07. The van der Waals surface area contributed by atoms with Gasteiger partial charge in [0.05, 0.1) is 6.54 Å². The molecule has 0 aliphatic rings. The van der Waals surface area contributed by atoms with Crippen LogP contribution in [0, 0.1) is 13.8 Å². The van der Waals surface area contributed by atoms with Crippen LogP contribution >= 0.6 is 0 Å². The number of carbonyl (C=O) groups excluding carboxylic acids is 1. The van der Waals surface area contributed by atoms with Gasteiger partial charge in [0.15, 0.2) is 0 Å². The monoisotopic (exact) mass is 376 g/mol. The minimum absolute atomic E-state index is 0.0135. The molecule has 0 spiro atoms. The number of carbonyl (C=O) groups is 1. The molecule has 2 heterocycles. The van der Waals surface area contributed by atoms with Crippen LogP contribution in [0.4, 0.5) is 5.82 Å². The van der Waals surface area contributed by atoms with E-state index in [0.29, 0.717) is 4.57 Å². The number of benzene rings is 1. The van der Waals surface area contributed by atoms with Gasteiger partial charge in [-0.15, -0.1) is 0 Å². The Labute approximate surface area is 159 Å². The van der Waals surface area contributed by atoms with E-state index in [1.165, 1.54) is 24.5 Å². The fourth-order valence-corrected chi connectivity index (χ4v) is 2.99. The number of nitrogens with zero attached hydrogens (tertiary/aromatic N) is 6. The zero-order valence-electron chi connectivity index (χ0n) is 15.2. The van der Waals surface area contributed by atoms with Crippen molar-refractivity contribution in [2.24, 2.45) is 5.11 Å². The van der Waals surface area contributed by atoms with Gasteiger partial charge < -0.3 is 0 Å². The maximum atomic E-state index is 13.0. The molecule has 0 unspecified atom stereocenters. The van der Waals surface area contributed by atoms with Gasteiger partial charge in [-0.25, -0.2) is 9.36 Å². The highest BCUT2D eigenvalue weighted by atomic mass is 16.2. The molecule has 3 aromatic rings. The Morgan fingerprint density at radius 3 is 2.36 bits per heavy atom. The van der Waals surface area contributed by atoms with E-state index in [1.807, 2.05) is 32.0 Å². The Balaban J connectivity index is 2.20. The molecule has 0 radical (unpaired) electrons. The van der Waals surface area contributed by atoms with Gasteiger partial charge in [-0.05, 0) is 42.2 Å². The van der Waals surface area contributed by atoms with E-state index in [2.05, 4.69) is 15.0 Å². The molecule has 28 heavy (non-hydrogen) atoms. The molecule has 9 nitrogen and oxygen atoms in total. The number of hydrogen-bond acceptors (Lipinski definition) is 5. The van der Waals surface area contributed by atoms with Crippen molar-refractivity contribution in [1.29, 1.82) is 0 Å². The minimum atomic E-state index is -0.879. The fraction of sp³-hybridized carbons (Fsp3) is 0.158. The molecule has 2 aromatic heterocycles. The van der Waals surface area contributed by atoms with Crippen molar-refractivity contribution in [2.75, 3.05) is 0 Å². The number of rotatable bonds is 4. The first-order chi connectivity index (χ1) is 13.4. The van der Waals surface area contributed by atoms with E-state index in [1.54, 1.807) is 0 Å². The summed E-state index contributed by atoms with van der Waals surface area (Å²) in [5, 5.41) is 3.34. The summed E-state index contributed by atoms with van der Waals surface area (Å²) in [5.74, 6) is -1.08. The summed E-state index contributed by atoms with van der Waals surface area (Å²) >= 11 is 0. The first-order valence-corrected chi connectivity index (χ1v) is 8.34. The Bertz CT molecular complexity index is 1200.